The average Bonchev–Trinajstić information content (AvgIpc) is 2.41. The summed E-state index contributed by atoms with van der Waals surface area (Å²) in [7, 11) is 0. The van der Waals surface area contributed by atoms with Gasteiger partial charge in [0.25, 0.3) is 0 Å². The van der Waals surface area contributed by atoms with Crippen molar-refractivity contribution in [2.45, 2.75) is 20.4 Å². The standard InChI is InChI=1S/C15H17FN2O/c1-3-18(14-7-5-4-6-12(14)16)10-13-15(19)9-8-11(2)17-13/h4-9,19H,3,10H2,1-2H3. The number of anilines is 1. The highest BCUT2D eigenvalue weighted by molar-refractivity contribution is 5.48. The van der Waals surface area contributed by atoms with Crippen LogP contribution in [0.15, 0.2) is 36.4 Å². The number of para-hydroxylation sites is 1. The lowest BCUT2D eigenvalue weighted by Crippen LogP contribution is -2.23. The molecule has 0 fully saturated rings. The maximum Gasteiger partial charge on any atom is 0.146 e. The van der Waals surface area contributed by atoms with Crippen molar-refractivity contribution in [2.75, 3.05) is 11.4 Å². The van der Waals surface area contributed by atoms with Gasteiger partial charge in [-0.15, -0.1) is 0 Å². The maximum absolute atomic E-state index is 13.8. The van der Waals surface area contributed by atoms with E-state index in [9.17, 15) is 9.50 Å². The molecule has 2 rings (SSSR count). The van der Waals surface area contributed by atoms with Crippen LogP contribution in [0.4, 0.5) is 10.1 Å². The van der Waals surface area contributed by atoms with Gasteiger partial charge in [-0.2, -0.15) is 0 Å². The summed E-state index contributed by atoms with van der Waals surface area (Å²) in [5, 5.41) is 9.81. The first-order valence-electron chi connectivity index (χ1n) is 6.26. The van der Waals surface area contributed by atoms with Crippen LogP contribution < -0.4 is 4.90 Å². The van der Waals surface area contributed by atoms with Crippen LogP contribution in [0.3, 0.4) is 0 Å². The first-order chi connectivity index (χ1) is 9.11. The Kier molecular flexibility index (Phi) is 4.00. The van der Waals surface area contributed by atoms with E-state index in [4.69, 9.17) is 0 Å². The van der Waals surface area contributed by atoms with Crippen molar-refractivity contribution >= 4 is 5.69 Å². The van der Waals surface area contributed by atoms with Crippen molar-refractivity contribution in [1.29, 1.82) is 0 Å². The number of hydrogen-bond acceptors (Lipinski definition) is 3. The lowest BCUT2D eigenvalue weighted by molar-refractivity contribution is 0.462. The highest BCUT2D eigenvalue weighted by Crippen LogP contribution is 2.23. The smallest absolute Gasteiger partial charge is 0.146 e. The Labute approximate surface area is 112 Å². The minimum absolute atomic E-state index is 0.139. The Balaban J connectivity index is 2.29. The Morgan fingerprint density at radius 1 is 1.21 bits per heavy atom. The first-order valence-corrected chi connectivity index (χ1v) is 6.26. The van der Waals surface area contributed by atoms with Gasteiger partial charge >= 0.3 is 0 Å². The van der Waals surface area contributed by atoms with Crippen molar-refractivity contribution in [3.05, 3.63) is 53.6 Å². The molecule has 0 amide bonds. The molecule has 100 valence electrons. The number of aryl methyl sites for hydroxylation is 1. The number of aromatic nitrogens is 1. The van der Waals surface area contributed by atoms with Gasteiger partial charge in [0.1, 0.15) is 17.3 Å². The van der Waals surface area contributed by atoms with Gasteiger partial charge in [-0.05, 0) is 38.1 Å². The van der Waals surface area contributed by atoms with Crippen LogP contribution >= 0.6 is 0 Å². The topological polar surface area (TPSA) is 36.4 Å². The van der Waals surface area contributed by atoms with Gasteiger partial charge in [-0.1, -0.05) is 12.1 Å². The highest BCUT2D eigenvalue weighted by Gasteiger charge is 2.13. The molecule has 1 aromatic heterocycles. The zero-order chi connectivity index (χ0) is 13.8. The predicted molar refractivity (Wildman–Crippen MR) is 73.8 cm³/mol. The molecule has 0 saturated heterocycles. The van der Waals surface area contributed by atoms with Crippen molar-refractivity contribution in [1.82, 2.24) is 4.98 Å². The van der Waals surface area contributed by atoms with Gasteiger partial charge in [0, 0.05) is 12.2 Å². The molecule has 0 unspecified atom stereocenters. The fourth-order valence-corrected chi connectivity index (χ4v) is 1.98. The largest absolute Gasteiger partial charge is 0.506 e. The molecule has 0 bridgehead atoms. The van der Waals surface area contributed by atoms with E-state index in [1.54, 1.807) is 30.3 Å². The summed E-state index contributed by atoms with van der Waals surface area (Å²) in [6, 6.07) is 9.98. The summed E-state index contributed by atoms with van der Waals surface area (Å²) in [5.41, 5.74) is 1.91. The van der Waals surface area contributed by atoms with E-state index in [0.717, 1.165) is 5.69 Å². The first kappa shape index (κ1) is 13.3. The normalized spacial score (nSPS) is 10.5. The van der Waals surface area contributed by atoms with Gasteiger partial charge in [0.05, 0.1) is 12.2 Å². The molecule has 0 aliphatic carbocycles. The summed E-state index contributed by atoms with van der Waals surface area (Å²) in [4.78, 5) is 6.15. The Bertz CT molecular complexity index is 572. The van der Waals surface area contributed by atoms with Crippen molar-refractivity contribution in [2.24, 2.45) is 0 Å². The number of rotatable bonds is 4. The summed E-state index contributed by atoms with van der Waals surface area (Å²) in [5.74, 6) is -0.128. The third-order valence-corrected chi connectivity index (χ3v) is 3.00. The van der Waals surface area contributed by atoms with Gasteiger partial charge < -0.3 is 10.0 Å². The maximum atomic E-state index is 13.8. The SMILES string of the molecule is CCN(Cc1nc(C)ccc1O)c1ccccc1F. The molecule has 3 nitrogen and oxygen atoms in total. The van der Waals surface area contributed by atoms with Crippen LogP contribution in [0.5, 0.6) is 5.75 Å². The molecule has 0 aliphatic heterocycles. The van der Waals surface area contributed by atoms with Gasteiger partial charge in [-0.3, -0.25) is 4.98 Å². The quantitative estimate of drug-likeness (QED) is 0.916. The minimum Gasteiger partial charge on any atom is -0.506 e. The molecule has 19 heavy (non-hydrogen) atoms. The molecule has 1 aromatic carbocycles. The molecular formula is C15H17FN2O. The fraction of sp³-hybridized carbons (Fsp3) is 0.267. The zero-order valence-corrected chi connectivity index (χ0v) is 11.1. The Morgan fingerprint density at radius 3 is 2.63 bits per heavy atom. The van der Waals surface area contributed by atoms with Crippen molar-refractivity contribution in [3.63, 3.8) is 0 Å². The number of aromatic hydroxyl groups is 1. The van der Waals surface area contributed by atoms with Gasteiger partial charge in [0.15, 0.2) is 0 Å². The lowest BCUT2D eigenvalue weighted by Gasteiger charge is -2.23. The van der Waals surface area contributed by atoms with Crippen molar-refractivity contribution in [3.8, 4) is 5.75 Å². The lowest BCUT2D eigenvalue weighted by atomic mass is 10.2. The molecule has 1 N–H and O–H groups in total. The molecule has 2 aromatic rings. The summed E-state index contributed by atoms with van der Waals surface area (Å²) in [6.45, 7) is 4.82. The molecule has 0 spiro atoms. The Hall–Kier alpha value is -2.10. The second-order valence-corrected chi connectivity index (χ2v) is 4.38. The number of benzene rings is 1. The number of pyridine rings is 1. The van der Waals surface area contributed by atoms with Gasteiger partial charge in [-0.25, -0.2) is 4.39 Å². The van der Waals surface area contributed by atoms with Crippen LogP contribution in [-0.4, -0.2) is 16.6 Å². The molecule has 0 atom stereocenters. The molecular weight excluding hydrogens is 243 g/mol. The molecule has 4 heteroatoms. The summed E-state index contributed by atoms with van der Waals surface area (Å²) < 4.78 is 13.8. The molecule has 1 heterocycles. The van der Waals surface area contributed by atoms with Crippen LogP contribution in [0.2, 0.25) is 0 Å². The highest BCUT2D eigenvalue weighted by atomic mass is 19.1. The predicted octanol–water partition coefficient (Wildman–Crippen LogP) is 3.26. The van der Waals surface area contributed by atoms with Crippen LogP contribution in [0.25, 0.3) is 0 Å². The Morgan fingerprint density at radius 2 is 1.95 bits per heavy atom. The minimum atomic E-state index is -0.267. The zero-order valence-electron chi connectivity index (χ0n) is 11.1. The molecule has 0 radical (unpaired) electrons. The number of nitrogens with zero attached hydrogens (tertiary/aromatic N) is 2. The summed E-state index contributed by atoms with van der Waals surface area (Å²) in [6.07, 6.45) is 0. The van der Waals surface area contributed by atoms with Crippen molar-refractivity contribution < 1.29 is 9.50 Å². The van der Waals surface area contributed by atoms with E-state index in [2.05, 4.69) is 4.98 Å². The van der Waals surface area contributed by atoms with Crippen LogP contribution in [0.1, 0.15) is 18.3 Å². The third kappa shape index (κ3) is 3.02. The van der Waals surface area contributed by atoms with E-state index < -0.39 is 0 Å². The second kappa shape index (κ2) is 5.69. The fourth-order valence-electron chi connectivity index (χ4n) is 1.98. The van der Waals surface area contributed by atoms with Crippen LogP contribution in [0, 0.1) is 12.7 Å². The monoisotopic (exact) mass is 260 g/mol. The van der Waals surface area contributed by atoms with E-state index in [-0.39, 0.29) is 11.6 Å². The van der Waals surface area contributed by atoms with E-state index in [1.165, 1.54) is 6.07 Å². The molecule has 0 saturated carbocycles. The summed E-state index contributed by atoms with van der Waals surface area (Å²) >= 11 is 0. The van der Waals surface area contributed by atoms with E-state index in [1.807, 2.05) is 18.7 Å². The average molecular weight is 260 g/mol. The number of hydrogen-bond donors (Lipinski definition) is 1. The second-order valence-electron chi connectivity index (χ2n) is 4.38. The van der Waals surface area contributed by atoms with E-state index >= 15 is 0 Å². The van der Waals surface area contributed by atoms with Crippen LogP contribution in [-0.2, 0) is 6.54 Å². The van der Waals surface area contributed by atoms with E-state index in [0.29, 0.717) is 24.5 Å². The van der Waals surface area contributed by atoms with Gasteiger partial charge in [0.2, 0.25) is 0 Å². The molecule has 0 aliphatic rings. The third-order valence-electron chi connectivity index (χ3n) is 3.00. The number of halogens is 1.